The summed E-state index contributed by atoms with van der Waals surface area (Å²) in [6.45, 7) is 0.131. The number of carbonyl (C=O) groups is 2. The van der Waals surface area contributed by atoms with Crippen LogP contribution in [0.3, 0.4) is 0 Å². The van der Waals surface area contributed by atoms with Crippen molar-refractivity contribution >= 4 is 11.8 Å². The normalized spacial score (nSPS) is 25.3. The molecular weight excluding hydrogens is 270 g/mol. The van der Waals surface area contributed by atoms with Crippen molar-refractivity contribution in [2.45, 2.75) is 25.7 Å². The molecule has 0 radical (unpaired) electrons. The Balaban J connectivity index is 2.04. The highest BCUT2D eigenvalue weighted by Crippen LogP contribution is 2.39. The number of ketones is 1. The SMILES string of the molecule is COc1ccc(C(=O)C2CCC(CN)(C(=O)O)CC2)cc1. The molecule has 1 aliphatic rings. The van der Waals surface area contributed by atoms with E-state index >= 15 is 0 Å². The Morgan fingerprint density at radius 3 is 2.29 bits per heavy atom. The summed E-state index contributed by atoms with van der Waals surface area (Å²) in [5.74, 6) is -0.172. The first-order chi connectivity index (χ1) is 10.0. The highest BCUT2D eigenvalue weighted by atomic mass is 16.5. The first-order valence-electron chi connectivity index (χ1n) is 7.14. The molecule has 0 unspecified atom stereocenters. The van der Waals surface area contributed by atoms with Gasteiger partial charge in [-0.05, 0) is 49.9 Å². The first kappa shape index (κ1) is 15.5. The van der Waals surface area contributed by atoms with Crippen LogP contribution in [0.25, 0.3) is 0 Å². The molecule has 0 spiro atoms. The molecule has 2 rings (SSSR count). The second kappa shape index (κ2) is 6.26. The summed E-state index contributed by atoms with van der Waals surface area (Å²) in [5.41, 5.74) is 5.42. The summed E-state index contributed by atoms with van der Waals surface area (Å²) in [7, 11) is 1.58. The number of Topliss-reactive ketones (excluding diaryl/α,β-unsaturated/α-hetero) is 1. The molecule has 0 heterocycles. The van der Waals surface area contributed by atoms with Gasteiger partial charge < -0.3 is 15.6 Å². The summed E-state index contributed by atoms with van der Waals surface area (Å²) in [6, 6.07) is 7.03. The smallest absolute Gasteiger partial charge is 0.310 e. The molecule has 5 nitrogen and oxygen atoms in total. The van der Waals surface area contributed by atoms with Gasteiger partial charge in [-0.3, -0.25) is 9.59 Å². The maximum Gasteiger partial charge on any atom is 0.310 e. The van der Waals surface area contributed by atoms with Crippen molar-refractivity contribution < 1.29 is 19.4 Å². The van der Waals surface area contributed by atoms with E-state index in [2.05, 4.69) is 0 Å². The van der Waals surface area contributed by atoms with E-state index in [1.165, 1.54) is 0 Å². The second-order valence-electron chi connectivity index (χ2n) is 5.66. The van der Waals surface area contributed by atoms with E-state index < -0.39 is 11.4 Å². The minimum Gasteiger partial charge on any atom is -0.497 e. The van der Waals surface area contributed by atoms with E-state index in [9.17, 15) is 14.7 Å². The van der Waals surface area contributed by atoms with Crippen LogP contribution in [0.4, 0.5) is 0 Å². The molecule has 0 amide bonds. The van der Waals surface area contributed by atoms with Crippen LogP contribution in [0.2, 0.25) is 0 Å². The van der Waals surface area contributed by atoms with Crippen LogP contribution in [0, 0.1) is 11.3 Å². The number of carbonyl (C=O) groups excluding carboxylic acids is 1. The molecule has 1 aromatic carbocycles. The third-order valence-corrected chi connectivity index (χ3v) is 4.53. The van der Waals surface area contributed by atoms with Gasteiger partial charge in [0.15, 0.2) is 5.78 Å². The van der Waals surface area contributed by atoms with Crippen LogP contribution < -0.4 is 10.5 Å². The molecule has 0 bridgehead atoms. The molecule has 5 heteroatoms. The summed E-state index contributed by atoms with van der Waals surface area (Å²) in [4.78, 5) is 23.8. The van der Waals surface area contributed by atoms with Gasteiger partial charge in [0, 0.05) is 18.0 Å². The van der Waals surface area contributed by atoms with Crippen LogP contribution in [0.1, 0.15) is 36.0 Å². The number of methoxy groups -OCH3 is 1. The maximum atomic E-state index is 12.4. The molecule has 1 saturated carbocycles. The van der Waals surface area contributed by atoms with Gasteiger partial charge in [-0.2, -0.15) is 0 Å². The predicted molar refractivity (Wildman–Crippen MR) is 78.4 cm³/mol. The molecule has 0 aliphatic heterocycles. The quantitative estimate of drug-likeness (QED) is 0.811. The minimum absolute atomic E-state index is 0.0775. The molecule has 0 atom stereocenters. The monoisotopic (exact) mass is 291 g/mol. The average Bonchev–Trinajstić information content (AvgIpc) is 2.54. The van der Waals surface area contributed by atoms with Gasteiger partial charge in [0.2, 0.25) is 0 Å². The van der Waals surface area contributed by atoms with Crippen LogP contribution in [0.5, 0.6) is 5.75 Å². The van der Waals surface area contributed by atoms with Gasteiger partial charge in [0.05, 0.1) is 12.5 Å². The number of rotatable bonds is 5. The number of nitrogens with two attached hydrogens (primary N) is 1. The maximum absolute atomic E-state index is 12.4. The Morgan fingerprint density at radius 2 is 1.86 bits per heavy atom. The Hall–Kier alpha value is -1.88. The van der Waals surface area contributed by atoms with Crippen molar-refractivity contribution in [1.29, 1.82) is 0 Å². The van der Waals surface area contributed by atoms with E-state index in [0.29, 0.717) is 37.0 Å². The van der Waals surface area contributed by atoms with Crippen molar-refractivity contribution in [2.24, 2.45) is 17.1 Å². The Morgan fingerprint density at radius 1 is 1.29 bits per heavy atom. The van der Waals surface area contributed by atoms with Crippen LogP contribution >= 0.6 is 0 Å². The Kier molecular flexibility index (Phi) is 4.63. The average molecular weight is 291 g/mol. The lowest BCUT2D eigenvalue weighted by atomic mass is 9.69. The minimum atomic E-state index is -0.851. The molecule has 0 aromatic heterocycles. The Bertz CT molecular complexity index is 516. The first-order valence-corrected chi connectivity index (χ1v) is 7.14. The largest absolute Gasteiger partial charge is 0.497 e. The van der Waals surface area contributed by atoms with Crippen molar-refractivity contribution in [3.05, 3.63) is 29.8 Å². The van der Waals surface area contributed by atoms with Gasteiger partial charge in [0.25, 0.3) is 0 Å². The fourth-order valence-corrected chi connectivity index (χ4v) is 2.93. The lowest BCUT2D eigenvalue weighted by molar-refractivity contribution is -0.150. The van der Waals surface area contributed by atoms with E-state index in [1.54, 1.807) is 31.4 Å². The molecule has 114 valence electrons. The molecule has 1 aliphatic carbocycles. The highest BCUT2D eigenvalue weighted by molar-refractivity contribution is 5.98. The zero-order valence-corrected chi connectivity index (χ0v) is 12.2. The van der Waals surface area contributed by atoms with E-state index in [0.717, 1.165) is 0 Å². The number of hydrogen-bond acceptors (Lipinski definition) is 4. The molecule has 1 fully saturated rings. The Labute approximate surface area is 124 Å². The fraction of sp³-hybridized carbons (Fsp3) is 0.500. The summed E-state index contributed by atoms with van der Waals surface area (Å²) >= 11 is 0. The molecular formula is C16H21NO4. The molecule has 1 aromatic rings. The third kappa shape index (κ3) is 3.08. The van der Waals surface area contributed by atoms with Gasteiger partial charge >= 0.3 is 5.97 Å². The van der Waals surface area contributed by atoms with Gasteiger partial charge in [-0.25, -0.2) is 0 Å². The van der Waals surface area contributed by atoms with Crippen molar-refractivity contribution in [3.8, 4) is 5.75 Å². The van der Waals surface area contributed by atoms with E-state index in [4.69, 9.17) is 10.5 Å². The van der Waals surface area contributed by atoms with Crippen molar-refractivity contribution in [3.63, 3.8) is 0 Å². The predicted octanol–water partition coefficient (Wildman–Crippen LogP) is 2.10. The van der Waals surface area contributed by atoms with Gasteiger partial charge in [-0.1, -0.05) is 0 Å². The fourth-order valence-electron chi connectivity index (χ4n) is 2.93. The van der Waals surface area contributed by atoms with Crippen LogP contribution in [-0.2, 0) is 4.79 Å². The summed E-state index contributed by atoms with van der Waals surface area (Å²) in [5, 5.41) is 9.31. The number of aliphatic carboxylic acids is 1. The van der Waals surface area contributed by atoms with Crippen LogP contribution in [0.15, 0.2) is 24.3 Å². The van der Waals surface area contributed by atoms with Gasteiger partial charge in [0.1, 0.15) is 5.75 Å². The van der Waals surface area contributed by atoms with Crippen molar-refractivity contribution in [1.82, 2.24) is 0 Å². The van der Waals surface area contributed by atoms with Crippen LogP contribution in [-0.4, -0.2) is 30.5 Å². The standard InChI is InChI=1S/C16H21NO4/c1-21-13-4-2-11(3-5-13)14(18)12-6-8-16(10-17,9-7-12)15(19)20/h2-5,12H,6-10,17H2,1H3,(H,19,20). The topological polar surface area (TPSA) is 89.6 Å². The number of ether oxygens (including phenoxy) is 1. The number of hydrogen-bond donors (Lipinski definition) is 2. The summed E-state index contributed by atoms with van der Waals surface area (Å²) in [6.07, 6.45) is 2.08. The van der Waals surface area contributed by atoms with E-state index in [-0.39, 0.29) is 18.2 Å². The number of carboxylic acids is 1. The number of benzene rings is 1. The molecule has 21 heavy (non-hydrogen) atoms. The van der Waals surface area contributed by atoms with Gasteiger partial charge in [-0.15, -0.1) is 0 Å². The third-order valence-electron chi connectivity index (χ3n) is 4.53. The van der Waals surface area contributed by atoms with Crippen molar-refractivity contribution in [2.75, 3.05) is 13.7 Å². The zero-order chi connectivity index (χ0) is 15.5. The molecule has 3 N–H and O–H groups in total. The lowest BCUT2D eigenvalue weighted by Gasteiger charge is -2.35. The number of carboxylic acid groups (broad SMARTS) is 1. The zero-order valence-electron chi connectivity index (χ0n) is 12.2. The second-order valence-corrected chi connectivity index (χ2v) is 5.66. The summed E-state index contributed by atoms with van der Waals surface area (Å²) < 4.78 is 5.07. The highest BCUT2D eigenvalue weighted by Gasteiger charge is 2.42. The lowest BCUT2D eigenvalue weighted by Crippen LogP contribution is -2.42. The van der Waals surface area contributed by atoms with E-state index in [1.807, 2.05) is 0 Å². The molecule has 0 saturated heterocycles.